The third kappa shape index (κ3) is 4.06. The fraction of sp³-hybridized carbons (Fsp3) is 0.0227. The van der Waals surface area contributed by atoms with Gasteiger partial charge in [-0.2, -0.15) is 0 Å². The zero-order valence-electron chi connectivity index (χ0n) is 26.1. The highest BCUT2D eigenvalue weighted by Crippen LogP contribution is 2.41. The first-order valence-corrected chi connectivity index (χ1v) is 16.4. The molecule has 1 aliphatic heterocycles. The third-order valence-electron chi connectivity index (χ3n) is 9.81. The predicted molar refractivity (Wildman–Crippen MR) is 199 cm³/mol. The topological polar surface area (TPSA) is 34.2 Å². The predicted octanol–water partition coefficient (Wildman–Crippen LogP) is 10.7. The molecule has 0 aliphatic carbocycles. The molecule has 1 atom stereocenters. The van der Waals surface area contributed by atoms with Gasteiger partial charge in [-0.3, -0.25) is 0 Å². The largest absolute Gasteiger partial charge is 0.359 e. The van der Waals surface area contributed by atoms with Gasteiger partial charge in [-0.15, -0.1) is 0 Å². The van der Waals surface area contributed by atoms with Crippen molar-refractivity contribution in [1.82, 2.24) is 14.5 Å². The standard InChI is InChI=1S/C44H30N4/c1-3-12-30(13-4-1)42-35-17-9-10-18-38(35)45-44(46-42)31-19-22-33(23-20-31)48-40-25-21-29-11-7-8-16-34(29)41(40)37-24-26-39-36(43(37)48)27-28-47(39)32-14-5-2-6-15-32/h1-28,42H,(H,45,46). The van der Waals surface area contributed by atoms with E-state index in [4.69, 9.17) is 4.99 Å². The number of rotatable bonds is 4. The lowest BCUT2D eigenvalue weighted by molar-refractivity contribution is 0.749. The minimum atomic E-state index is 0.0297. The Morgan fingerprint density at radius 3 is 2.10 bits per heavy atom. The molecule has 10 rings (SSSR count). The highest BCUT2D eigenvalue weighted by atomic mass is 15.1. The number of nitrogens with zero attached hydrogens (tertiary/aromatic N) is 3. The van der Waals surface area contributed by atoms with E-state index in [0.717, 1.165) is 28.5 Å². The normalized spacial score (nSPS) is 14.3. The molecule has 48 heavy (non-hydrogen) atoms. The summed E-state index contributed by atoms with van der Waals surface area (Å²) < 4.78 is 4.72. The number of hydrogen-bond acceptors (Lipinski definition) is 2. The maximum Gasteiger partial charge on any atom is 0.134 e. The van der Waals surface area contributed by atoms with Crippen LogP contribution in [-0.4, -0.2) is 15.0 Å². The smallest absolute Gasteiger partial charge is 0.134 e. The second-order valence-corrected chi connectivity index (χ2v) is 12.5. The van der Waals surface area contributed by atoms with Crippen LogP contribution < -0.4 is 5.32 Å². The number of hydrogen-bond donors (Lipinski definition) is 1. The quantitative estimate of drug-likeness (QED) is 0.210. The molecule has 7 aromatic carbocycles. The SMILES string of the molecule is c1ccc(C2NC(c3ccc(-n4c5ccc6ccccc6c5c5ccc6c(ccn6-c6ccccc6)c54)cc3)=Nc3ccccc32)cc1. The Morgan fingerprint density at radius 1 is 0.521 bits per heavy atom. The van der Waals surface area contributed by atoms with E-state index in [2.05, 4.69) is 184 Å². The number of aliphatic imine (C=N–C) groups is 1. The Kier molecular flexibility index (Phi) is 5.90. The fourth-order valence-electron chi connectivity index (χ4n) is 7.60. The molecule has 9 aromatic rings. The minimum absolute atomic E-state index is 0.0297. The Labute approximate surface area is 277 Å². The molecule has 2 aromatic heterocycles. The van der Waals surface area contributed by atoms with Crippen molar-refractivity contribution >= 4 is 55.0 Å². The number of benzene rings is 7. The average molecular weight is 615 g/mol. The lowest BCUT2D eigenvalue weighted by atomic mass is 9.95. The molecule has 1 N–H and O–H groups in total. The zero-order chi connectivity index (χ0) is 31.6. The average Bonchev–Trinajstić information content (AvgIpc) is 3.75. The van der Waals surface area contributed by atoms with E-state index in [-0.39, 0.29) is 6.04 Å². The minimum Gasteiger partial charge on any atom is -0.359 e. The van der Waals surface area contributed by atoms with E-state index in [1.165, 1.54) is 54.6 Å². The Morgan fingerprint density at radius 2 is 1.25 bits per heavy atom. The number of para-hydroxylation sites is 2. The first kappa shape index (κ1) is 26.8. The summed E-state index contributed by atoms with van der Waals surface area (Å²) in [5.41, 5.74) is 10.3. The van der Waals surface area contributed by atoms with E-state index in [9.17, 15) is 0 Å². The molecule has 1 unspecified atom stereocenters. The molecule has 1 aliphatic rings. The van der Waals surface area contributed by atoms with E-state index >= 15 is 0 Å². The first-order chi connectivity index (χ1) is 23.8. The monoisotopic (exact) mass is 614 g/mol. The molecule has 0 radical (unpaired) electrons. The summed E-state index contributed by atoms with van der Waals surface area (Å²) in [5.74, 6) is 0.879. The molecule has 4 nitrogen and oxygen atoms in total. The van der Waals surface area contributed by atoms with Gasteiger partial charge in [0.05, 0.1) is 28.3 Å². The van der Waals surface area contributed by atoms with Crippen molar-refractivity contribution < 1.29 is 0 Å². The molecule has 0 bridgehead atoms. The number of aromatic nitrogens is 2. The van der Waals surface area contributed by atoms with Crippen molar-refractivity contribution in [3.8, 4) is 11.4 Å². The van der Waals surface area contributed by atoms with Crippen LogP contribution in [0.5, 0.6) is 0 Å². The Balaban J connectivity index is 1.16. The fourth-order valence-corrected chi connectivity index (χ4v) is 7.60. The molecule has 0 saturated carbocycles. The molecule has 0 saturated heterocycles. The van der Waals surface area contributed by atoms with Crippen molar-refractivity contribution in [2.45, 2.75) is 6.04 Å². The number of fused-ring (bicyclic) bond motifs is 8. The van der Waals surface area contributed by atoms with Crippen LogP contribution >= 0.6 is 0 Å². The number of nitrogens with one attached hydrogen (secondary N) is 1. The summed E-state index contributed by atoms with van der Waals surface area (Å²) in [6.07, 6.45) is 2.19. The van der Waals surface area contributed by atoms with Crippen LogP contribution in [0.3, 0.4) is 0 Å². The second-order valence-electron chi connectivity index (χ2n) is 12.5. The van der Waals surface area contributed by atoms with E-state index in [0.29, 0.717) is 0 Å². The maximum absolute atomic E-state index is 5.09. The molecule has 0 spiro atoms. The summed E-state index contributed by atoms with van der Waals surface area (Å²) in [6.45, 7) is 0. The van der Waals surface area contributed by atoms with Gasteiger partial charge < -0.3 is 14.5 Å². The van der Waals surface area contributed by atoms with Gasteiger partial charge in [0.1, 0.15) is 5.84 Å². The van der Waals surface area contributed by atoms with Crippen molar-refractivity contribution in [3.63, 3.8) is 0 Å². The van der Waals surface area contributed by atoms with Gasteiger partial charge >= 0.3 is 0 Å². The van der Waals surface area contributed by atoms with Crippen LogP contribution in [0.25, 0.3) is 54.9 Å². The second kappa shape index (κ2) is 10.6. The summed E-state index contributed by atoms with van der Waals surface area (Å²) in [4.78, 5) is 5.09. The number of amidine groups is 1. The van der Waals surface area contributed by atoms with Crippen LogP contribution in [0.2, 0.25) is 0 Å². The van der Waals surface area contributed by atoms with Gasteiger partial charge in [-0.05, 0) is 77.0 Å². The highest BCUT2D eigenvalue weighted by Gasteiger charge is 2.24. The van der Waals surface area contributed by atoms with Gasteiger partial charge in [0, 0.05) is 44.9 Å². The maximum atomic E-state index is 5.09. The van der Waals surface area contributed by atoms with Crippen LogP contribution in [-0.2, 0) is 0 Å². The molecular formula is C44H30N4. The van der Waals surface area contributed by atoms with Crippen LogP contribution in [0.1, 0.15) is 22.7 Å². The lowest BCUT2D eigenvalue weighted by Gasteiger charge is -2.27. The van der Waals surface area contributed by atoms with Gasteiger partial charge in [-0.25, -0.2) is 4.99 Å². The van der Waals surface area contributed by atoms with E-state index < -0.39 is 0 Å². The summed E-state index contributed by atoms with van der Waals surface area (Å²) in [6, 6.07) is 58.6. The van der Waals surface area contributed by atoms with Crippen LogP contribution in [0.4, 0.5) is 5.69 Å². The van der Waals surface area contributed by atoms with Crippen LogP contribution in [0.15, 0.2) is 175 Å². The first-order valence-electron chi connectivity index (χ1n) is 16.4. The van der Waals surface area contributed by atoms with Crippen molar-refractivity contribution in [3.05, 3.63) is 187 Å². The Hall–Kier alpha value is -6.39. The van der Waals surface area contributed by atoms with E-state index in [1.54, 1.807) is 0 Å². The van der Waals surface area contributed by atoms with Crippen molar-refractivity contribution in [2.75, 3.05) is 0 Å². The van der Waals surface area contributed by atoms with Gasteiger partial charge in [0.2, 0.25) is 0 Å². The molecule has 226 valence electrons. The molecule has 4 heteroatoms. The molecule has 3 heterocycles. The summed E-state index contributed by atoms with van der Waals surface area (Å²) >= 11 is 0. The van der Waals surface area contributed by atoms with Crippen LogP contribution in [0, 0.1) is 0 Å². The van der Waals surface area contributed by atoms with Gasteiger partial charge in [0.15, 0.2) is 0 Å². The lowest BCUT2D eigenvalue weighted by Crippen LogP contribution is -2.32. The van der Waals surface area contributed by atoms with Crippen molar-refractivity contribution in [2.24, 2.45) is 4.99 Å². The zero-order valence-corrected chi connectivity index (χ0v) is 26.1. The molecule has 0 fully saturated rings. The van der Waals surface area contributed by atoms with Gasteiger partial charge in [-0.1, -0.05) is 103 Å². The Bertz CT molecular complexity index is 2680. The summed E-state index contributed by atoms with van der Waals surface area (Å²) in [5, 5.41) is 10.0. The molecule has 0 amide bonds. The third-order valence-corrected chi connectivity index (χ3v) is 9.81. The highest BCUT2D eigenvalue weighted by molar-refractivity contribution is 6.25. The van der Waals surface area contributed by atoms with E-state index in [1.807, 2.05) is 0 Å². The molecular weight excluding hydrogens is 585 g/mol. The summed E-state index contributed by atoms with van der Waals surface area (Å²) in [7, 11) is 0. The van der Waals surface area contributed by atoms with Crippen molar-refractivity contribution in [1.29, 1.82) is 0 Å². The van der Waals surface area contributed by atoms with Gasteiger partial charge in [0.25, 0.3) is 0 Å².